The van der Waals surface area contributed by atoms with Gasteiger partial charge in [-0.05, 0) is 37.1 Å². The van der Waals surface area contributed by atoms with Crippen LogP contribution in [0, 0.1) is 5.82 Å². The Hall–Kier alpha value is -2.62. The highest BCUT2D eigenvalue weighted by Crippen LogP contribution is 2.21. The first-order chi connectivity index (χ1) is 11.6. The number of aromatic nitrogens is 1. The van der Waals surface area contributed by atoms with Gasteiger partial charge in [-0.15, -0.1) is 0 Å². The number of benzene rings is 2. The van der Waals surface area contributed by atoms with E-state index in [1.165, 1.54) is 6.07 Å². The minimum atomic E-state index is -0.319. The number of H-pyrrole nitrogens is 1. The van der Waals surface area contributed by atoms with E-state index in [1.54, 1.807) is 18.2 Å². The zero-order chi connectivity index (χ0) is 17.1. The summed E-state index contributed by atoms with van der Waals surface area (Å²) in [5.41, 5.74) is 2.14. The second kappa shape index (κ2) is 6.87. The molecule has 3 nitrogen and oxygen atoms in total. The quantitative estimate of drug-likeness (QED) is 0.722. The van der Waals surface area contributed by atoms with Crippen LogP contribution in [-0.4, -0.2) is 21.8 Å². The Balaban J connectivity index is 1.93. The van der Waals surface area contributed by atoms with Crippen LogP contribution >= 0.6 is 0 Å². The molecule has 0 fully saturated rings. The summed E-state index contributed by atoms with van der Waals surface area (Å²) in [6.07, 6.45) is 0.854. The van der Waals surface area contributed by atoms with Crippen molar-refractivity contribution in [2.75, 3.05) is 0 Å². The maximum absolute atomic E-state index is 13.9. The smallest absolute Gasteiger partial charge is 0.270 e. The molecule has 0 aliphatic heterocycles. The molecule has 0 bridgehead atoms. The van der Waals surface area contributed by atoms with Crippen LogP contribution < -0.4 is 0 Å². The normalized spacial score (nSPS) is 12.3. The van der Waals surface area contributed by atoms with Gasteiger partial charge in [-0.2, -0.15) is 0 Å². The maximum atomic E-state index is 13.9. The van der Waals surface area contributed by atoms with Crippen molar-refractivity contribution in [3.05, 3.63) is 71.7 Å². The van der Waals surface area contributed by atoms with Crippen LogP contribution in [-0.2, 0) is 6.54 Å². The summed E-state index contributed by atoms with van der Waals surface area (Å²) in [6.45, 7) is 4.62. The van der Waals surface area contributed by atoms with Crippen LogP contribution in [0.2, 0.25) is 0 Å². The minimum Gasteiger partial charge on any atom is -0.350 e. The largest absolute Gasteiger partial charge is 0.350 e. The van der Waals surface area contributed by atoms with Gasteiger partial charge in [0.05, 0.1) is 0 Å². The van der Waals surface area contributed by atoms with Gasteiger partial charge in [-0.1, -0.05) is 43.3 Å². The summed E-state index contributed by atoms with van der Waals surface area (Å²) in [6, 6.07) is 16.4. The van der Waals surface area contributed by atoms with Gasteiger partial charge in [0.1, 0.15) is 11.5 Å². The first kappa shape index (κ1) is 16.2. The van der Waals surface area contributed by atoms with Crippen LogP contribution in [0.25, 0.3) is 10.9 Å². The van der Waals surface area contributed by atoms with Gasteiger partial charge in [0.2, 0.25) is 0 Å². The number of rotatable bonds is 5. The number of nitrogens with zero attached hydrogens (tertiary/aromatic N) is 1. The summed E-state index contributed by atoms with van der Waals surface area (Å²) < 4.78 is 13.9. The van der Waals surface area contributed by atoms with Gasteiger partial charge >= 0.3 is 0 Å². The molecule has 1 N–H and O–H groups in total. The van der Waals surface area contributed by atoms with E-state index in [9.17, 15) is 9.18 Å². The number of amides is 1. The first-order valence-corrected chi connectivity index (χ1v) is 8.22. The van der Waals surface area contributed by atoms with E-state index in [-0.39, 0.29) is 17.8 Å². The van der Waals surface area contributed by atoms with Crippen LogP contribution in [0.3, 0.4) is 0 Å². The fraction of sp³-hybridized carbons (Fsp3) is 0.250. The van der Waals surface area contributed by atoms with E-state index < -0.39 is 0 Å². The maximum Gasteiger partial charge on any atom is 0.270 e. The number of hydrogen-bond acceptors (Lipinski definition) is 1. The highest BCUT2D eigenvalue weighted by Gasteiger charge is 2.22. The third-order valence-electron chi connectivity index (χ3n) is 4.42. The standard InChI is InChI=1S/C20H21FN2O/c1-3-14(2)23(13-15-8-5-4-6-9-15)20(24)19-12-16-17(21)10-7-11-18(16)22-19/h4-12,14,22H,3,13H2,1-2H3. The topological polar surface area (TPSA) is 36.1 Å². The Bertz CT molecular complexity index is 841. The van der Waals surface area contributed by atoms with E-state index in [2.05, 4.69) is 11.9 Å². The van der Waals surface area contributed by atoms with Crippen molar-refractivity contribution in [2.45, 2.75) is 32.9 Å². The number of halogens is 1. The van der Waals surface area contributed by atoms with Crippen molar-refractivity contribution in [2.24, 2.45) is 0 Å². The SMILES string of the molecule is CCC(C)N(Cc1ccccc1)C(=O)c1cc2c(F)cccc2[nH]1. The number of fused-ring (bicyclic) bond motifs is 1. The number of hydrogen-bond donors (Lipinski definition) is 1. The van der Waals surface area contributed by atoms with Crippen molar-refractivity contribution in [3.63, 3.8) is 0 Å². The zero-order valence-corrected chi connectivity index (χ0v) is 13.9. The first-order valence-electron chi connectivity index (χ1n) is 8.22. The molecule has 0 aliphatic rings. The summed E-state index contributed by atoms with van der Waals surface area (Å²) in [5.74, 6) is -0.426. The molecule has 1 atom stereocenters. The third-order valence-corrected chi connectivity index (χ3v) is 4.42. The fourth-order valence-corrected chi connectivity index (χ4v) is 2.82. The van der Waals surface area contributed by atoms with Crippen molar-refractivity contribution in [1.82, 2.24) is 9.88 Å². The molecule has 0 saturated heterocycles. The second-order valence-electron chi connectivity index (χ2n) is 6.06. The lowest BCUT2D eigenvalue weighted by Crippen LogP contribution is -2.38. The number of aromatic amines is 1. The molecule has 0 spiro atoms. The molecule has 2 aromatic carbocycles. The van der Waals surface area contributed by atoms with Crippen LogP contribution in [0.15, 0.2) is 54.6 Å². The zero-order valence-electron chi connectivity index (χ0n) is 13.9. The Morgan fingerprint density at radius 2 is 1.92 bits per heavy atom. The highest BCUT2D eigenvalue weighted by molar-refractivity contribution is 5.98. The number of nitrogens with one attached hydrogen (secondary N) is 1. The molecular formula is C20H21FN2O. The Morgan fingerprint density at radius 1 is 1.17 bits per heavy atom. The van der Waals surface area contributed by atoms with E-state index in [0.29, 0.717) is 23.1 Å². The highest BCUT2D eigenvalue weighted by atomic mass is 19.1. The van der Waals surface area contributed by atoms with Crippen LogP contribution in [0.4, 0.5) is 4.39 Å². The molecule has 1 heterocycles. The van der Waals surface area contributed by atoms with E-state index >= 15 is 0 Å². The molecule has 124 valence electrons. The molecule has 0 saturated carbocycles. The van der Waals surface area contributed by atoms with Gasteiger partial charge < -0.3 is 9.88 Å². The van der Waals surface area contributed by atoms with Crippen LogP contribution in [0.5, 0.6) is 0 Å². The summed E-state index contributed by atoms with van der Waals surface area (Å²) in [4.78, 5) is 17.9. The Morgan fingerprint density at radius 3 is 2.58 bits per heavy atom. The minimum absolute atomic E-state index is 0.0916. The van der Waals surface area contributed by atoms with E-state index in [1.807, 2.05) is 42.2 Å². The Labute approximate surface area is 141 Å². The lowest BCUT2D eigenvalue weighted by Gasteiger charge is -2.28. The van der Waals surface area contributed by atoms with Gasteiger partial charge in [0.25, 0.3) is 5.91 Å². The lowest BCUT2D eigenvalue weighted by molar-refractivity contribution is 0.0666. The summed E-state index contributed by atoms with van der Waals surface area (Å²) >= 11 is 0. The average molecular weight is 324 g/mol. The molecule has 0 aliphatic carbocycles. The van der Waals surface area contributed by atoms with Gasteiger partial charge in [0.15, 0.2) is 0 Å². The summed E-state index contributed by atoms with van der Waals surface area (Å²) in [5, 5.41) is 0.449. The third kappa shape index (κ3) is 3.18. The molecule has 24 heavy (non-hydrogen) atoms. The lowest BCUT2D eigenvalue weighted by atomic mass is 10.1. The second-order valence-corrected chi connectivity index (χ2v) is 6.06. The Kier molecular flexibility index (Phi) is 4.65. The molecule has 1 unspecified atom stereocenters. The van der Waals surface area contributed by atoms with E-state index in [0.717, 1.165) is 12.0 Å². The summed E-state index contributed by atoms with van der Waals surface area (Å²) in [7, 11) is 0. The molecule has 3 rings (SSSR count). The van der Waals surface area contributed by atoms with Crippen molar-refractivity contribution < 1.29 is 9.18 Å². The van der Waals surface area contributed by atoms with Crippen molar-refractivity contribution in [3.8, 4) is 0 Å². The number of carbonyl (C=O) groups is 1. The monoisotopic (exact) mass is 324 g/mol. The molecule has 3 aromatic rings. The van der Waals surface area contributed by atoms with Gasteiger partial charge in [-0.25, -0.2) is 4.39 Å². The van der Waals surface area contributed by atoms with Crippen LogP contribution in [0.1, 0.15) is 36.3 Å². The predicted octanol–water partition coefficient (Wildman–Crippen LogP) is 4.75. The molecule has 1 amide bonds. The van der Waals surface area contributed by atoms with Gasteiger partial charge in [0, 0.05) is 23.5 Å². The van der Waals surface area contributed by atoms with Gasteiger partial charge in [-0.3, -0.25) is 4.79 Å². The predicted molar refractivity (Wildman–Crippen MR) is 94.3 cm³/mol. The average Bonchev–Trinajstić information content (AvgIpc) is 3.05. The molecule has 0 radical (unpaired) electrons. The van der Waals surface area contributed by atoms with E-state index in [4.69, 9.17) is 0 Å². The molecule has 1 aromatic heterocycles. The van der Waals surface area contributed by atoms with Crippen molar-refractivity contribution in [1.29, 1.82) is 0 Å². The van der Waals surface area contributed by atoms with Crippen molar-refractivity contribution >= 4 is 16.8 Å². The number of carbonyl (C=O) groups excluding carboxylic acids is 1. The molecule has 4 heteroatoms. The fourth-order valence-electron chi connectivity index (χ4n) is 2.82. The molecular weight excluding hydrogens is 303 g/mol.